The minimum Gasteiger partial charge on any atom is -0.383 e. The highest BCUT2D eigenvalue weighted by Gasteiger charge is 2.03. The van der Waals surface area contributed by atoms with Gasteiger partial charge >= 0.3 is 0 Å². The number of ether oxygens (including phenoxy) is 1. The molecule has 0 saturated carbocycles. The molecule has 0 radical (unpaired) electrons. The molecule has 1 amide bonds. The lowest BCUT2D eigenvalue weighted by Crippen LogP contribution is -2.35. The summed E-state index contributed by atoms with van der Waals surface area (Å²) in [5.74, 6) is 0.174. The lowest BCUT2D eigenvalue weighted by Gasteiger charge is -2.08. The minimum atomic E-state index is 0.0685. The Labute approximate surface area is 80.0 Å². The number of carbonyl (C=O) groups is 1. The van der Waals surface area contributed by atoms with Gasteiger partial charge in [-0.2, -0.15) is 0 Å². The first-order valence-electron chi connectivity index (χ1n) is 4.66. The van der Waals surface area contributed by atoms with Crippen LogP contribution in [0.2, 0.25) is 0 Å². The van der Waals surface area contributed by atoms with E-state index in [9.17, 15) is 4.79 Å². The predicted octanol–water partition coefficient (Wildman–Crippen LogP) is -0.00540. The fourth-order valence-corrected chi connectivity index (χ4v) is 0.777. The first kappa shape index (κ1) is 12.4. The summed E-state index contributed by atoms with van der Waals surface area (Å²) >= 11 is 0. The molecule has 0 aliphatic heterocycles. The molecule has 0 fully saturated rings. The number of methoxy groups -OCH3 is 1. The third kappa shape index (κ3) is 7.74. The van der Waals surface area contributed by atoms with Crippen molar-refractivity contribution in [2.24, 2.45) is 5.92 Å². The summed E-state index contributed by atoms with van der Waals surface area (Å²) in [7, 11) is 1.67. The maximum absolute atomic E-state index is 11.1. The van der Waals surface area contributed by atoms with Crippen molar-refractivity contribution in [2.75, 3.05) is 33.4 Å². The molecule has 0 bridgehead atoms. The smallest absolute Gasteiger partial charge is 0.222 e. The van der Waals surface area contributed by atoms with Gasteiger partial charge < -0.3 is 15.4 Å². The Balaban J connectivity index is 3.12. The molecule has 4 heteroatoms. The number of carbonyl (C=O) groups excluding carboxylic acids is 1. The summed E-state index contributed by atoms with van der Waals surface area (Å²) in [5, 5.41) is 5.96. The lowest BCUT2D eigenvalue weighted by molar-refractivity contribution is -0.123. The second-order valence-electron chi connectivity index (χ2n) is 3.19. The molecule has 0 rings (SSSR count). The van der Waals surface area contributed by atoms with E-state index in [0.29, 0.717) is 13.2 Å². The largest absolute Gasteiger partial charge is 0.383 e. The summed E-state index contributed by atoms with van der Waals surface area (Å²) in [4.78, 5) is 11.1. The quantitative estimate of drug-likeness (QED) is 0.553. The average molecular weight is 188 g/mol. The summed E-state index contributed by atoms with van der Waals surface area (Å²) in [6.45, 7) is 6.77. The number of rotatable bonds is 7. The van der Waals surface area contributed by atoms with E-state index in [0.717, 1.165) is 13.1 Å². The predicted molar refractivity (Wildman–Crippen MR) is 52.6 cm³/mol. The summed E-state index contributed by atoms with van der Waals surface area (Å²) in [6, 6.07) is 0. The monoisotopic (exact) mass is 188 g/mol. The van der Waals surface area contributed by atoms with Crippen LogP contribution in [0.1, 0.15) is 13.8 Å². The van der Waals surface area contributed by atoms with E-state index in [-0.39, 0.29) is 11.8 Å². The van der Waals surface area contributed by atoms with Crippen molar-refractivity contribution < 1.29 is 9.53 Å². The highest BCUT2D eigenvalue weighted by atomic mass is 16.5. The standard InChI is InChI=1S/C9H20N2O2/c1-8(2)9(12)11-5-4-10-6-7-13-3/h8,10H,4-7H2,1-3H3,(H,11,12). The first-order valence-corrected chi connectivity index (χ1v) is 4.66. The lowest BCUT2D eigenvalue weighted by atomic mass is 10.2. The molecule has 2 N–H and O–H groups in total. The van der Waals surface area contributed by atoms with Crippen molar-refractivity contribution in [1.82, 2.24) is 10.6 Å². The van der Waals surface area contributed by atoms with E-state index in [1.807, 2.05) is 13.8 Å². The van der Waals surface area contributed by atoms with Crippen LogP contribution in [-0.4, -0.2) is 39.3 Å². The Morgan fingerprint density at radius 3 is 2.54 bits per heavy atom. The summed E-state index contributed by atoms with van der Waals surface area (Å²) in [5.41, 5.74) is 0. The van der Waals surface area contributed by atoms with Crippen molar-refractivity contribution in [1.29, 1.82) is 0 Å². The number of hydrogen-bond donors (Lipinski definition) is 2. The second kappa shape index (κ2) is 8.01. The van der Waals surface area contributed by atoms with Crippen LogP contribution >= 0.6 is 0 Å². The van der Waals surface area contributed by atoms with Crippen molar-refractivity contribution in [3.63, 3.8) is 0 Å². The normalized spacial score (nSPS) is 10.5. The molecule has 0 aliphatic carbocycles. The molecule has 0 unspecified atom stereocenters. The molecule has 0 saturated heterocycles. The van der Waals surface area contributed by atoms with Gasteiger partial charge in [0.05, 0.1) is 6.61 Å². The van der Waals surface area contributed by atoms with Gasteiger partial charge in [-0.1, -0.05) is 13.8 Å². The number of hydrogen-bond acceptors (Lipinski definition) is 3. The molecular formula is C9H20N2O2. The molecule has 0 aromatic carbocycles. The van der Waals surface area contributed by atoms with Crippen molar-refractivity contribution in [2.45, 2.75) is 13.8 Å². The van der Waals surface area contributed by atoms with Crippen LogP contribution in [0, 0.1) is 5.92 Å². The zero-order chi connectivity index (χ0) is 10.1. The van der Waals surface area contributed by atoms with Gasteiger partial charge in [0.25, 0.3) is 0 Å². The van der Waals surface area contributed by atoms with E-state index in [1.165, 1.54) is 0 Å². The van der Waals surface area contributed by atoms with Gasteiger partial charge in [0, 0.05) is 32.7 Å². The van der Waals surface area contributed by atoms with Crippen molar-refractivity contribution in [3.8, 4) is 0 Å². The van der Waals surface area contributed by atoms with Gasteiger partial charge in [0.15, 0.2) is 0 Å². The van der Waals surface area contributed by atoms with Gasteiger partial charge in [0.2, 0.25) is 5.91 Å². The third-order valence-electron chi connectivity index (χ3n) is 1.61. The highest BCUT2D eigenvalue weighted by molar-refractivity contribution is 5.77. The Morgan fingerprint density at radius 1 is 1.31 bits per heavy atom. The van der Waals surface area contributed by atoms with Crippen molar-refractivity contribution in [3.05, 3.63) is 0 Å². The Bertz CT molecular complexity index is 138. The van der Waals surface area contributed by atoms with Gasteiger partial charge in [-0.15, -0.1) is 0 Å². The Kier molecular flexibility index (Phi) is 7.63. The Morgan fingerprint density at radius 2 is 2.00 bits per heavy atom. The van der Waals surface area contributed by atoms with Gasteiger partial charge in [0.1, 0.15) is 0 Å². The fourth-order valence-electron chi connectivity index (χ4n) is 0.777. The van der Waals surface area contributed by atoms with E-state index in [1.54, 1.807) is 7.11 Å². The maximum atomic E-state index is 11.1. The SMILES string of the molecule is COCCNCCNC(=O)C(C)C. The van der Waals surface area contributed by atoms with Crippen LogP contribution in [0.15, 0.2) is 0 Å². The number of amides is 1. The first-order chi connectivity index (χ1) is 6.18. The van der Waals surface area contributed by atoms with Crippen LogP contribution in [0.4, 0.5) is 0 Å². The van der Waals surface area contributed by atoms with Crippen LogP contribution in [0.5, 0.6) is 0 Å². The molecule has 78 valence electrons. The average Bonchev–Trinajstić information content (AvgIpc) is 2.10. The molecule has 0 aromatic heterocycles. The molecular weight excluding hydrogens is 168 g/mol. The molecule has 13 heavy (non-hydrogen) atoms. The molecule has 0 heterocycles. The molecule has 0 aliphatic rings. The van der Waals surface area contributed by atoms with Crippen LogP contribution in [-0.2, 0) is 9.53 Å². The zero-order valence-corrected chi connectivity index (χ0v) is 8.72. The molecule has 0 aromatic rings. The zero-order valence-electron chi connectivity index (χ0n) is 8.72. The number of nitrogens with one attached hydrogen (secondary N) is 2. The summed E-state index contributed by atoms with van der Waals surface area (Å²) in [6.07, 6.45) is 0. The maximum Gasteiger partial charge on any atom is 0.222 e. The Hall–Kier alpha value is -0.610. The van der Waals surface area contributed by atoms with E-state index >= 15 is 0 Å². The summed E-state index contributed by atoms with van der Waals surface area (Å²) < 4.78 is 4.86. The van der Waals surface area contributed by atoms with Gasteiger partial charge in [-0.05, 0) is 0 Å². The van der Waals surface area contributed by atoms with E-state index in [4.69, 9.17) is 4.74 Å². The molecule has 0 spiro atoms. The van der Waals surface area contributed by atoms with Gasteiger partial charge in [-0.3, -0.25) is 4.79 Å². The van der Waals surface area contributed by atoms with Crippen LogP contribution in [0.3, 0.4) is 0 Å². The van der Waals surface area contributed by atoms with Crippen LogP contribution in [0.25, 0.3) is 0 Å². The topological polar surface area (TPSA) is 50.4 Å². The van der Waals surface area contributed by atoms with Crippen LogP contribution < -0.4 is 10.6 Å². The van der Waals surface area contributed by atoms with Gasteiger partial charge in [-0.25, -0.2) is 0 Å². The second-order valence-corrected chi connectivity index (χ2v) is 3.19. The fraction of sp³-hybridized carbons (Fsp3) is 0.889. The minimum absolute atomic E-state index is 0.0685. The molecule has 4 nitrogen and oxygen atoms in total. The van der Waals surface area contributed by atoms with E-state index in [2.05, 4.69) is 10.6 Å². The molecule has 0 atom stereocenters. The third-order valence-corrected chi connectivity index (χ3v) is 1.61. The van der Waals surface area contributed by atoms with E-state index < -0.39 is 0 Å². The highest BCUT2D eigenvalue weighted by Crippen LogP contribution is 1.88. The van der Waals surface area contributed by atoms with Crippen molar-refractivity contribution >= 4 is 5.91 Å².